The third kappa shape index (κ3) is 5.53. The number of esters is 1. The zero-order valence-corrected chi connectivity index (χ0v) is 15.8. The lowest BCUT2D eigenvalue weighted by atomic mass is 9.97. The van der Waals surface area contributed by atoms with Gasteiger partial charge in [0.15, 0.2) is 0 Å². The average molecular weight is 403 g/mol. The minimum atomic E-state index is -0.622. The first-order valence-electron chi connectivity index (χ1n) is 7.67. The molecule has 2 aromatic carbocycles. The fourth-order valence-corrected chi connectivity index (χ4v) is 2.16. The van der Waals surface area contributed by atoms with Crippen LogP contribution < -0.4 is 10.2 Å². The molecule has 0 aliphatic heterocycles. The molecule has 0 fully saturated rings. The summed E-state index contributed by atoms with van der Waals surface area (Å²) in [6.45, 7) is 5.34. The minimum Gasteiger partial charge on any atom is -0.425 e. The van der Waals surface area contributed by atoms with E-state index in [1.165, 1.54) is 6.21 Å². The highest BCUT2D eigenvalue weighted by Gasteiger charge is 2.24. The predicted octanol–water partition coefficient (Wildman–Crippen LogP) is 4.16. The normalized spacial score (nSPS) is 11.4. The quantitative estimate of drug-likeness (QED) is 0.361. The van der Waals surface area contributed by atoms with Crippen molar-refractivity contribution in [3.63, 3.8) is 0 Å². The van der Waals surface area contributed by atoms with Gasteiger partial charge in [-0.2, -0.15) is 5.10 Å². The highest BCUT2D eigenvalue weighted by molar-refractivity contribution is 9.10. The predicted molar refractivity (Wildman–Crippen MR) is 101 cm³/mol. The first-order valence-corrected chi connectivity index (χ1v) is 8.47. The average Bonchev–Trinajstić information content (AvgIpc) is 2.57. The van der Waals surface area contributed by atoms with Gasteiger partial charge in [-0.3, -0.25) is 9.59 Å². The number of carbonyl (C=O) groups excluding carboxylic acids is 2. The van der Waals surface area contributed by atoms with Crippen molar-refractivity contribution in [2.24, 2.45) is 10.5 Å². The summed E-state index contributed by atoms with van der Waals surface area (Å²) in [5.74, 6) is -0.293. The summed E-state index contributed by atoms with van der Waals surface area (Å²) in [6, 6.07) is 14.0. The van der Waals surface area contributed by atoms with Crippen molar-refractivity contribution in [2.75, 3.05) is 0 Å². The summed E-state index contributed by atoms with van der Waals surface area (Å²) in [5.41, 5.74) is 2.91. The molecule has 0 aliphatic rings. The van der Waals surface area contributed by atoms with Crippen molar-refractivity contribution < 1.29 is 14.3 Å². The van der Waals surface area contributed by atoms with E-state index in [1.54, 1.807) is 63.2 Å². The molecule has 0 aromatic heterocycles. The fraction of sp³-hybridized carbons (Fsp3) is 0.211. The Morgan fingerprint density at radius 1 is 1.12 bits per heavy atom. The van der Waals surface area contributed by atoms with Crippen molar-refractivity contribution in [1.82, 2.24) is 5.43 Å². The molecule has 1 N–H and O–H groups in total. The van der Waals surface area contributed by atoms with Crippen molar-refractivity contribution >= 4 is 34.0 Å². The Labute approximate surface area is 155 Å². The molecule has 5 nitrogen and oxygen atoms in total. The van der Waals surface area contributed by atoms with Gasteiger partial charge in [-0.15, -0.1) is 0 Å². The van der Waals surface area contributed by atoms with Crippen LogP contribution >= 0.6 is 15.9 Å². The molecule has 0 heterocycles. The molecule has 0 atom stereocenters. The maximum Gasteiger partial charge on any atom is 0.316 e. The number of hydrogen-bond acceptors (Lipinski definition) is 4. The molecule has 1 amide bonds. The summed E-state index contributed by atoms with van der Waals surface area (Å²) in [7, 11) is 0. The van der Waals surface area contributed by atoms with Crippen LogP contribution in [0, 0.1) is 5.41 Å². The minimum absolute atomic E-state index is 0.319. The lowest BCUT2D eigenvalue weighted by molar-refractivity contribution is -0.143. The molecular weight excluding hydrogens is 384 g/mol. The molecule has 0 radical (unpaired) electrons. The van der Waals surface area contributed by atoms with E-state index >= 15 is 0 Å². The van der Waals surface area contributed by atoms with Crippen molar-refractivity contribution in [1.29, 1.82) is 0 Å². The van der Waals surface area contributed by atoms with E-state index < -0.39 is 5.41 Å². The lowest BCUT2D eigenvalue weighted by Crippen LogP contribution is -2.26. The molecule has 6 heteroatoms. The van der Waals surface area contributed by atoms with E-state index in [4.69, 9.17) is 4.74 Å². The molecule has 0 saturated heterocycles. The molecule has 0 unspecified atom stereocenters. The Hall–Kier alpha value is -2.47. The third-order valence-electron chi connectivity index (χ3n) is 3.19. The summed E-state index contributed by atoms with van der Waals surface area (Å²) in [4.78, 5) is 24.1. The van der Waals surface area contributed by atoms with Gasteiger partial charge >= 0.3 is 5.97 Å². The molecule has 130 valence electrons. The number of nitrogens with zero attached hydrogens (tertiary/aromatic N) is 1. The van der Waals surface area contributed by atoms with Crippen LogP contribution in [0.25, 0.3) is 0 Å². The number of nitrogens with one attached hydrogen (secondary N) is 1. The van der Waals surface area contributed by atoms with Gasteiger partial charge < -0.3 is 4.74 Å². The summed E-state index contributed by atoms with van der Waals surface area (Å²) in [6.07, 6.45) is 1.44. The van der Waals surface area contributed by atoms with Crippen LogP contribution in [0.15, 0.2) is 58.1 Å². The molecule has 25 heavy (non-hydrogen) atoms. The van der Waals surface area contributed by atoms with Crippen molar-refractivity contribution in [3.8, 4) is 5.75 Å². The number of carbonyl (C=O) groups is 2. The van der Waals surface area contributed by atoms with Gasteiger partial charge in [-0.1, -0.05) is 34.1 Å². The Morgan fingerprint density at radius 3 is 2.44 bits per heavy atom. The number of benzene rings is 2. The van der Waals surface area contributed by atoms with Gasteiger partial charge in [0.05, 0.1) is 11.6 Å². The van der Waals surface area contributed by atoms with Crippen LogP contribution in [0.5, 0.6) is 5.75 Å². The van der Waals surface area contributed by atoms with E-state index in [9.17, 15) is 9.59 Å². The van der Waals surface area contributed by atoms with Gasteiger partial charge in [0, 0.05) is 15.6 Å². The number of amides is 1. The number of halogens is 1. The lowest BCUT2D eigenvalue weighted by Gasteiger charge is -2.17. The van der Waals surface area contributed by atoms with Crippen LogP contribution in [0.4, 0.5) is 0 Å². The molecule has 2 rings (SSSR count). The Balaban J connectivity index is 2.14. The largest absolute Gasteiger partial charge is 0.425 e. The highest BCUT2D eigenvalue weighted by Crippen LogP contribution is 2.25. The van der Waals surface area contributed by atoms with Gasteiger partial charge in [0.25, 0.3) is 5.91 Å². The second-order valence-corrected chi connectivity index (χ2v) is 7.30. The maximum atomic E-state index is 12.1. The molecule has 2 aromatic rings. The van der Waals surface area contributed by atoms with Gasteiger partial charge in [0.2, 0.25) is 0 Å². The van der Waals surface area contributed by atoms with Gasteiger partial charge in [-0.05, 0) is 51.1 Å². The number of hydrazone groups is 1. The first kappa shape index (κ1) is 18.9. The highest BCUT2D eigenvalue weighted by atomic mass is 79.9. The second kappa shape index (κ2) is 8.07. The van der Waals surface area contributed by atoms with E-state index in [2.05, 4.69) is 26.5 Å². The van der Waals surface area contributed by atoms with Crippen molar-refractivity contribution in [2.45, 2.75) is 20.8 Å². The third-order valence-corrected chi connectivity index (χ3v) is 3.69. The van der Waals surface area contributed by atoms with E-state index in [-0.39, 0.29) is 11.9 Å². The second-order valence-electron chi connectivity index (χ2n) is 6.39. The van der Waals surface area contributed by atoms with Crippen LogP contribution in [-0.2, 0) is 4.79 Å². The van der Waals surface area contributed by atoms with Crippen LogP contribution in [-0.4, -0.2) is 18.1 Å². The smallest absolute Gasteiger partial charge is 0.316 e. The van der Waals surface area contributed by atoms with E-state index in [0.29, 0.717) is 16.9 Å². The molecule has 0 spiro atoms. The Kier molecular flexibility index (Phi) is 6.09. The summed E-state index contributed by atoms with van der Waals surface area (Å²) in [5, 5.41) is 3.95. The standard InChI is InChI=1S/C19H19BrN2O3/c1-19(2,3)18(24)25-16-10-9-15(20)11-14(16)12-21-22-17(23)13-7-5-4-6-8-13/h4-12H,1-3H3,(H,22,23). The molecule has 0 aliphatic carbocycles. The monoisotopic (exact) mass is 402 g/mol. The maximum absolute atomic E-state index is 12.1. The summed E-state index contributed by atoms with van der Waals surface area (Å²) >= 11 is 3.37. The van der Waals surface area contributed by atoms with E-state index in [0.717, 1.165) is 4.47 Å². The van der Waals surface area contributed by atoms with Gasteiger partial charge in [0.1, 0.15) is 5.75 Å². The number of ether oxygens (including phenoxy) is 1. The number of hydrogen-bond donors (Lipinski definition) is 1. The van der Waals surface area contributed by atoms with Crippen LogP contribution in [0.1, 0.15) is 36.7 Å². The molecule has 0 bridgehead atoms. The van der Waals surface area contributed by atoms with Gasteiger partial charge in [-0.25, -0.2) is 5.43 Å². The molecule has 0 saturated carbocycles. The Morgan fingerprint density at radius 2 is 1.80 bits per heavy atom. The molecular formula is C19H19BrN2O3. The van der Waals surface area contributed by atoms with Crippen LogP contribution in [0.3, 0.4) is 0 Å². The topological polar surface area (TPSA) is 67.8 Å². The van der Waals surface area contributed by atoms with Crippen LogP contribution in [0.2, 0.25) is 0 Å². The Bertz CT molecular complexity index is 796. The van der Waals surface area contributed by atoms with Crippen molar-refractivity contribution in [3.05, 3.63) is 64.1 Å². The SMILES string of the molecule is CC(C)(C)C(=O)Oc1ccc(Br)cc1C=NNC(=O)c1ccccc1. The summed E-state index contributed by atoms with van der Waals surface area (Å²) < 4.78 is 6.25. The zero-order valence-electron chi connectivity index (χ0n) is 14.2. The number of rotatable bonds is 4. The fourth-order valence-electron chi connectivity index (χ4n) is 1.78. The van der Waals surface area contributed by atoms with E-state index in [1.807, 2.05) is 6.07 Å². The zero-order chi connectivity index (χ0) is 18.4. The first-order chi connectivity index (χ1) is 11.8.